The van der Waals surface area contributed by atoms with Gasteiger partial charge in [0.2, 0.25) is 17.4 Å². The third-order valence-corrected chi connectivity index (χ3v) is 8.42. The van der Waals surface area contributed by atoms with Gasteiger partial charge in [-0.15, -0.1) is 0 Å². The number of urea groups is 1. The molecule has 0 unspecified atom stereocenters. The number of benzene rings is 2. The average Bonchev–Trinajstić information content (AvgIpc) is 3.67. The minimum atomic E-state index is -1.02. The first kappa shape index (κ1) is 32.6. The second kappa shape index (κ2) is 14.1. The number of hydrogen-bond acceptors (Lipinski definition) is 9. The zero-order valence-electron chi connectivity index (χ0n) is 26.6. The molecule has 1 saturated heterocycles. The summed E-state index contributed by atoms with van der Waals surface area (Å²) in [6.45, 7) is 2.05. The fourth-order valence-corrected chi connectivity index (χ4v) is 5.88. The van der Waals surface area contributed by atoms with Gasteiger partial charge in [0.1, 0.15) is 6.04 Å². The van der Waals surface area contributed by atoms with Gasteiger partial charge in [-0.3, -0.25) is 14.4 Å². The van der Waals surface area contributed by atoms with Crippen molar-refractivity contribution in [1.82, 2.24) is 20.9 Å². The van der Waals surface area contributed by atoms with Gasteiger partial charge >= 0.3 is 6.03 Å². The molecule has 2 heterocycles. The van der Waals surface area contributed by atoms with Crippen molar-refractivity contribution in [3.05, 3.63) is 53.6 Å². The van der Waals surface area contributed by atoms with Gasteiger partial charge in [0, 0.05) is 25.4 Å². The number of carbonyl (C=O) groups is 4. The first-order chi connectivity index (χ1) is 22.2. The number of ether oxygens (including phenoxy) is 3. The molecule has 0 bridgehead atoms. The number of methoxy groups -OCH3 is 3. The Morgan fingerprint density at radius 3 is 2.35 bits per heavy atom. The van der Waals surface area contributed by atoms with Crippen molar-refractivity contribution in [2.24, 2.45) is 5.16 Å². The van der Waals surface area contributed by atoms with Crippen LogP contribution in [0.15, 0.2) is 47.6 Å². The Bertz CT molecular complexity index is 1470. The average molecular weight is 636 g/mol. The minimum Gasteiger partial charge on any atom is -0.493 e. The maximum Gasteiger partial charge on any atom is 0.318 e. The summed E-state index contributed by atoms with van der Waals surface area (Å²) in [5.41, 5.74) is 1.35. The van der Waals surface area contributed by atoms with Gasteiger partial charge in [0.05, 0.1) is 39.6 Å². The van der Waals surface area contributed by atoms with E-state index in [1.54, 1.807) is 12.1 Å². The molecular weight excluding hydrogens is 594 g/mol. The maximum absolute atomic E-state index is 13.9. The van der Waals surface area contributed by atoms with Gasteiger partial charge in [-0.25, -0.2) is 4.79 Å². The lowest BCUT2D eigenvalue weighted by Gasteiger charge is -2.26. The normalized spacial score (nSPS) is 20.7. The molecule has 4 amide bonds. The number of amides is 4. The van der Waals surface area contributed by atoms with Gasteiger partial charge in [-0.1, -0.05) is 48.8 Å². The summed E-state index contributed by atoms with van der Waals surface area (Å²) >= 11 is 0. The molecule has 246 valence electrons. The van der Waals surface area contributed by atoms with Crippen molar-refractivity contribution in [1.29, 1.82) is 0 Å². The molecule has 1 spiro atoms. The lowest BCUT2D eigenvalue weighted by atomic mass is 9.91. The topological polar surface area (TPSA) is 157 Å². The molecule has 1 saturated carbocycles. The van der Waals surface area contributed by atoms with E-state index in [9.17, 15) is 19.2 Å². The van der Waals surface area contributed by atoms with Crippen molar-refractivity contribution in [3.8, 4) is 17.2 Å². The fraction of sp³-hybridized carbons (Fsp3) is 0.485. The van der Waals surface area contributed by atoms with Gasteiger partial charge in [0.25, 0.3) is 5.91 Å². The van der Waals surface area contributed by atoms with E-state index in [-0.39, 0.29) is 32.0 Å². The molecule has 3 aliphatic rings. The van der Waals surface area contributed by atoms with Crippen molar-refractivity contribution >= 4 is 29.3 Å². The van der Waals surface area contributed by atoms with Crippen LogP contribution in [0, 0.1) is 0 Å². The first-order valence-electron chi connectivity index (χ1n) is 15.5. The molecule has 2 fully saturated rings. The van der Waals surface area contributed by atoms with Crippen LogP contribution < -0.4 is 30.2 Å². The zero-order chi connectivity index (χ0) is 32.8. The molecule has 2 aromatic carbocycles. The fourth-order valence-electron chi connectivity index (χ4n) is 5.88. The predicted octanol–water partition coefficient (Wildman–Crippen LogP) is 2.69. The van der Waals surface area contributed by atoms with Gasteiger partial charge in [-0.2, -0.15) is 0 Å². The summed E-state index contributed by atoms with van der Waals surface area (Å²) in [4.78, 5) is 60.6. The lowest BCUT2D eigenvalue weighted by molar-refractivity contribution is -0.140. The number of nitrogens with zero attached hydrogens (tertiary/aromatic N) is 2. The van der Waals surface area contributed by atoms with Crippen molar-refractivity contribution in [2.75, 3.05) is 27.9 Å². The Kier molecular flexibility index (Phi) is 9.98. The Morgan fingerprint density at radius 1 is 1.04 bits per heavy atom. The van der Waals surface area contributed by atoms with Crippen LogP contribution in [0.1, 0.15) is 56.6 Å². The maximum atomic E-state index is 13.9. The summed E-state index contributed by atoms with van der Waals surface area (Å²) < 4.78 is 16.3. The van der Waals surface area contributed by atoms with Gasteiger partial charge < -0.3 is 39.9 Å². The molecule has 2 aliphatic heterocycles. The Hall–Kier alpha value is -4.81. The monoisotopic (exact) mass is 635 g/mol. The van der Waals surface area contributed by atoms with Crippen molar-refractivity contribution < 1.29 is 38.2 Å². The standard InChI is InChI=1S/C33H41N5O8/c1-5-9-23(28(39)31(41)35-22-12-13-22)36-30(40)25-17-33(16-24(37-46-33)21-10-7-6-8-11-21)19-38(25)32(42)34-18-20-14-26(43-2)29(45-4)27(15-20)44-3/h6-8,10-11,14-15,22-23,25H,5,9,12-13,16-19H2,1-4H3,(H,34,42)(H,35,41)(H,36,40)/t23-,25-,33+/m0/s1. The summed E-state index contributed by atoms with van der Waals surface area (Å²) in [5.74, 6) is -0.642. The summed E-state index contributed by atoms with van der Waals surface area (Å²) in [5, 5.41) is 12.7. The lowest BCUT2D eigenvalue weighted by Crippen LogP contribution is -2.54. The second-order valence-corrected chi connectivity index (χ2v) is 11.9. The summed E-state index contributed by atoms with van der Waals surface area (Å²) in [7, 11) is 4.52. The number of carbonyl (C=O) groups excluding carboxylic acids is 4. The van der Waals surface area contributed by atoms with Crippen LogP contribution >= 0.6 is 0 Å². The van der Waals surface area contributed by atoms with Crippen LogP contribution in [0.4, 0.5) is 4.79 Å². The van der Waals surface area contributed by atoms with E-state index in [1.807, 2.05) is 37.3 Å². The van der Waals surface area contributed by atoms with E-state index in [4.69, 9.17) is 19.0 Å². The highest BCUT2D eigenvalue weighted by molar-refractivity contribution is 6.38. The van der Waals surface area contributed by atoms with E-state index < -0.39 is 41.3 Å². The van der Waals surface area contributed by atoms with E-state index >= 15 is 0 Å². The molecule has 1 aliphatic carbocycles. The third kappa shape index (κ3) is 7.19. The number of ketones is 1. The third-order valence-electron chi connectivity index (χ3n) is 8.42. The minimum absolute atomic E-state index is 0.00673. The molecule has 0 radical (unpaired) electrons. The largest absolute Gasteiger partial charge is 0.493 e. The van der Waals surface area contributed by atoms with Gasteiger partial charge in [-0.05, 0) is 42.5 Å². The van der Waals surface area contributed by atoms with E-state index in [1.165, 1.54) is 26.2 Å². The second-order valence-electron chi connectivity index (χ2n) is 11.9. The number of hydrogen-bond donors (Lipinski definition) is 3. The first-order valence-corrected chi connectivity index (χ1v) is 15.5. The van der Waals surface area contributed by atoms with E-state index in [0.29, 0.717) is 35.7 Å². The highest BCUT2D eigenvalue weighted by Crippen LogP contribution is 2.40. The number of nitrogens with one attached hydrogen (secondary N) is 3. The summed E-state index contributed by atoms with van der Waals surface area (Å²) in [6, 6.07) is 10.5. The van der Waals surface area contributed by atoms with E-state index in [2.05, 4.69) is 21.1 Å². The van der Waals surface area contributed by atoms with Crippen LogP contribution in [0.3, 0.4) is 0 Å². The molecule has 13 nitrogen and oxygen atoms in total. The molecule has 2 aromatic rings. The highest BCUT2D eigenvalue weighted by atomic mass is 16.7. The number of likely N-dealkylation sites (tertiary alicyclic amines) is 1. The zero-order valence-corrected chi connectivity index (χ0v) is 26.6. The smallest absolute Gasteiger partial charge is 0.318 e. The predicted molar refractivity (Wildman–Crippen MR) is 168 cm³/mol. The highest BCUT2D eigenvalue weighted by Gasteiger charge is 2.54. The molecular formula is C33H41N5O8. The van der Waals surface area contributed by atoms with Crippen LogP contribution in [0.5, 0.6) is 17.2 Å². The van der Waals surface area contributed by atoms with Crippen molar-refractivity contribution in [2.45, 2.75) is 75.7 Å². The van der Waals surface area contributed by atoms with Crippen LogP contribution in [-0.4, -0.2) is 85.8 Å². The van der Waals surface area contributed by atoms with Crippen LogP contribution in [0.2, 0.25) is 0 Å². The van der Waals surface area contributed by atoms with Crippen LogP contribution in [0.25, 0.3) is 0 Å². The summed E-state index contributed by atoms with van der Waals surface area (Å²) in [6.07, 6.45) is 3.06. The van der Waals surface area contributed by atoms with Crippen molar-refractivity contribution in [3.63, 3.8) is 0 Å². The molecule has 5 rings (SSSR count). The Labute approximate surface area is 267 Å². The molecule has 13 heteroatoms. The molecule has 0 aromatic heterocycles. The van der Waals surface area contributed by atoms with E-state index in [0.717, 1.165) is 24.1 Å². The number of oxime groups is 1. The number of rotatable bonds is 13. The van der Waals surface area contributed by atoms with Crippen LogP contribution in [-0.2, 0) is 25.8 Å². The SMILES string of the molecule is CCC[C@H](NC(=O)[C@@H]1C[C@]2(CC(c3ccccc3)=NO2)CN1C(=O)NCc1cc(OC)c(OC)c(OC)c1)C(=O)C(=O)NC1CC1. The molecule has 3 N–H and O–H groups in total. The molecule has 3 atom stereocenters. The van der Waals surface area contributed by atoms with Gasteiger partial charge in [0.15, 0.2) is 17.1 Å². The Balaban J connectivity index is 1.34. The quantitative estimate of drug-likeness (QED) is 0.284. The Morgan fingerprint density at radius 2 is 1.74 bits per heavy atom. The molecule has 46 heavy (non-hydrogen) atoms. The number of Topliss-reactive ketones (excluding diaryl/α,β-unsaturated/α-hetero) is 1.